The largest absolute Gasteiger partial charge is 0.493 e. The third kappa shape index (κ3) is 5.80. The van der Waals surface area contributed by atoms with Gasteiger partial charge in [-0.15, -0.1) is 0 Å². The summed E-state index contributed by atoms with van der Waals surface area (Å²) in [6, 6.07) is 7.16. The van der Waals surface area contributed by atoms with Crippen molar-refractivity contribution in [2.75, 3.05) is 58.5 Å². The fraction of sp³-hybridized carbons (Fsp3) is 0.480. The van der Waals surface area contributed by atoms with Gasteiger partial charge in [-0.05, 0) is 18.2 Å². The second kappa shape index (κ2) is 11.4. The van der Waals surface area contributed by atoms with E-state index in [1.165, 1.54) is 6.26 Å². The number of carbonyl (C=O) groups excluding carboxylic acids is 1. The Morgan fingerprint density at radius 3 is 2.50 bits per heavy atom. The van der Waals surface area contributed by atoms with Gasteiger partial charge in [-0.2, -0.15) is 4.98 Å². The summed E-state index contributed by atoms with van der Waals surface area (Å²) < 4.78 is 22.1. The van der Waals surface area contributed by atoms with E-state index in [1.807, 2.05) is 18.7 Å². The molecule has 11 nitrogen and oxygen atoms in total. The van der Waals surface area contributed by atoms with Crippen molar-refractivity contribution in [3.8, 4) is 17.4 Å². The maximum atomic E-state index is 12.6. The third-order valence-corrected chi connectivity index (χ3v) is 5.91. The number of hydrogen-bond donors (Lipinski definition) is 2. The number of nitrogens with zero attached hydrogens (tertiary/aromatic N) is 4. The smallest absolute Gasteiger partial charge is 0.289 e. The monoisotopic (exact) mass is 499 g/mol. The van der Waals surface area contributed by atoms with Crippen molar-refractivity contribution in [2.24, 2.45) is 0 Å². The standard InChI is InChI=1S/C25H33N5O6/c1-16(2)26-14-17(31)15-36-23-18-12-21(33-3)22(34-4)13-19(18)27-25(28-23)30-9-7-29(8-10-30)24(32)20-6-5-11-35-20/h5-6,11-13,16-17,26,31H,7-10,14-15H2,1-4H3. The van der Waals surface area contributed by atoms with Crippen LogP contribution >= 0.6 is 0 Å². The highest BCUT2D eigenvalue weighted by molar-refractivity contribution is 5.91. The third-order valence-electron chi connectivity index (χ3n) is 5.91. The first-order chi connectivity index (χ1) is 17.4. The van der Waals surface area contributed by atoms with E-state index >= 15 is 0 Å². The molecule has 11 heteroatoms. The SMILES string of the molecule is COc1cc2nc(N3CCN(C(=O)c4ccco4)CC3)nc(OCC(O)CNC(C)C)c2cc1OC. The van der Waals surface area contributed by atoms with Gasteiger partial charge in [-0.25, -0.2) is 4.98 Å². The van der Waals surface area contributed by atoms with Crippen molar-refractivity contribution in [2.45, 2.75) is 26.0 Å². The predicted octanol–water partition coefficient (Wildman–Crippen LogP) is 1.94. The Balaban J connectivity index is 1.57. The molecule has 2 aromatic heterocycles. The molecule has 0 bridgehead atoms. The molecule has 4 rings (SSSR count). The van der Waals surface area contributed by atoms with E-state index in [4.69, 9.17) is 23.6 Å². The molecule has 2 N–H and O–H groups in total. The Morgan fingerprint density at radius 2 is 1.86 bits per heavy atom. The molecule has 1 saturated heterocycles. The number of methoxy groups -OCH3 is 2. The number of hydrogen-bond acceptors (Lipinski definition) is 10. The number of piperazine rings is 1. The van der Waals surface area contributed by atoms with E-state index in [1.54, 1.807) is 43.4 Å². The Morgan fingerprint density at radius 1 is 1.14 bits per heavy atom. The molecule has 3 heterocycles. The maximum absolute atomic E-state index is 12.6. The van der Waals surface area contributed by atoms with Gasteiger partial charge in [-0.1, -0.05) is 13.8 Å². The Labute approximate surface area is 210 Å². The average molecular weight is 500 g/mol. The molecule has 1 aliphatic rings. The highest BCUT2D eigenvalue weighted by atomic mass is 16.5. The normalized spacial score (nSPS) is 14.8. The first-order valence-electron chi connectivity index (χ1n) is 11.9. The zero-order valence-corrected chi connectivity index (χ0v) is 21.1. The summed E-state index contributed by atoms with van der Waals surface area (Å²) in [5.41, 5.74) is 0.622. The summed E-state index contributed by atoms with van der Waals surface area (Å²) in [7, 11) is 3.13. The van der Waals surface area contributed by atoms with Crippen LogP contribution in [0.5, 0.6) is 17.4 Å². The summed E-state index contributed by atoms with van der Waals surface area (Å²) in [5, 5.41) is 14.2. The van der Waals surface area contributed by atoms with Gasteiger partial charge in [0.1, 0.15) is 12.7 Å². The van der Waals surface area contributed by atoms with Crippen LogP contribution in [0.2, 0.25) is 0 Å². The number of benzene rings is 1. The number of amides is 1. The number of aromatic nitrogens is 2. The second-order valence-corrected chi connectivity index (χ2v) is 8.84. The molecule has 0 radical (unpaired) electrons. The van der Waals surface area contributed by atoms with Crippen molar-refractivity contribution < 1.29 is 28.5 Å². The molecule has 3 aromatic rings. The number of rotatable bonds is 10. The van der Waals surface area contributed by atoms with E-state index in [2.05, 4.69) is 10.3 Å². The van der Waals surface area contributed by atoms with Crippen molar-refractivity contribution in [1.29, 1.82) is 0 Å². The molecule has 36 heavy (non-hydrogen) atoms. The zero-order valence-electron chi connectivity index (χ0n) is 21.1. The minimum absolute atomic E-state index is 0.0606. The number of fused-ring (bicyclic) bond motifs is 1. The van der Waals surface area contributed by atoms with Crippen LogP contribution in [-0.4, -0.2) is 91.6 Å². The van der Waals surface area contributed by atoms with Crippen molar-refractivity contribution in [1.82, 2.24) is 20.2 Å². The summed E-state index contributed by atoms with van der Waals surface area (Å²) in [5.74, 6) is 2.07. The van der Waals surface area contributed by atoms with E-state index in [0.29, 0.717) is 72.7 Å². The van der Waals surface area contributed by atoms with Crippen molar-refractivity contribution >= 4 is 22.8 Å². The maximum Gasteiger partial charge on any atom is 0.289 e. The van der Waals surface area contributed by atoms with Gasteiger partial charge >= 0.3 is 0 Å². The molecule has 1 amide bonds. The van der Waals surface area contributed by atoms with Crippen molar-refractivity contribution in [3.05, 3.63) is 36.3 Å². The van der Waals surface area contributed by atoms with Gasteiger partial charge in [0, 0.05) is 44.8 Å². The van der Waals surface area contributed by atoms with Crippen LogP contribution in [0.4, 0.5) is 5.95 Å². The summed E-state index contributed by atoms with van der Waals surface area (Å²) in [6.07, 6.45) is 0.782. The lowest BCUT2D eigenvalue weighted by Gasteiger charge is -2.34. The van der Waals surface area contributed by atoms with E-state index in [-0.39, 0.29) is 18.6 Å². The average Bonchev–Trinajstić information content (AvgIpc) is 3.44. The number of ether oxygens (including phenoxy) is 3. The quantitative estimate of drug-likeness (QED) is 0.428. The van der Waals surface area contributed by atoms with E-state index < -0.39 is 6.10 Å². The molecule has 0 saturated carbocycles. The van der Waals surface area contributed by atoms with Crippen LogP contribution < -0.4 is 24.4 Å². The Bertz CT molecular complexity index is 1160. The molecule has 1 aliphatic heterocycles. The molecular weight excluding hydrogens is 466 g/mol. The number of nitrogens with one attached hydrogen (secondary N) is 1. The second-order valence-electron chi connectivity index (χ2n) is 8.84. The highest BCUT2D eigenvalue weighted by Gasteiger charge is 2.26. The number of carbonyl (C=O) groups is 1. The Hall–Kier alpha value is -3.57. The molecule has 0 aliphatic carbocycles. The van der Waals surface area contributed by atoms with Gasteiger partial charge in [-0.3, -0.25) is 4.79 Å². The van der Waals surface area contributed by atoms with Gasteiger partial charge < -0.3 is 38.9 Å². The van der Waals surface area contributed by atoms with E-state index in [0.717, 1.165) is 0 Å². The van der Waals surface area contributed by atoms with Crippen LogP contribution in [0.15, 0.2) is 34.9 Å². The lowest BCUT2D eigenvalue weighted by Crippen LogP contribution is -2.49. The molecule has 194 valence electrons. The fourth-order valence-corrected chi connectivity index (χ4v) is 3.94. The Kier molecular flexibility index (Phi) is 8.11. The molecule has 1 aromatic carbocycles. The zero-order chi connectivity index (χ0) is 25.7. The van der Waals surface area contributed by atoms with Crippen LogP contribution in [0.1, 0.15) is 24.4 Å². The highest BCUT2D eigenvalue weighted by Crippen LogP contribution is 2.36. The molecule has 1 unspecified atom stereocenters. The minimum Gasteiger partial charge on any atom is -0.493 e. The summed E-state index contributed by atoms with van der Waals surface area (Å²) in [6.45, 7) is 6.59. The van der Waals surface area contributed by atoms with Crippen LogP contribution in [0, 0.1) is 0 Å². The van der Waals surface area contributed by atoms with Gasteiger partial charge in [0.05, 0.1) is 31.4 Å². The number of anilines is 1. The van der Waals surface area contributed by atoms with Crippen molar-refractivity contribution in [3.63, 3.8) is 0 Å². The molecule has 1 fully saturated rings. The van der Waals surface area contributed by atoms with Gasteiger partial charge in [0.15, 0.2) is 17.3 Å². The molecular formula is C25H33N5O6. The number of furan rings is 1. The van der Waals surface area contributed by atoms with Gasteiger partial charge in [0.2, 0.25) is 11.8 Å². The summed E-state index contributed by atoms with van der Waals surface area (Å²) >= 11 is 0. The fourth-order valence-electron chi connectivity index (χ4n) is 3.94. The first-order valence-corrected chi connectivity index (χ1v) is 11.9. The predicted molar refractivity (Wildman–Crippen MR) is 134 cm³/mol. The van der Waals surface area contributed by atoms with Crippen LogP contribution in [-0.2, 0) is 0 Å². The van der Waals surface area contributed by atoms with Crippen LogP contribution in [0.25, 0.3) is 10.9 Å². The molecule has 1 atom stereocenters. The number of aliphatic hydroxyl groups excluding tert-OH is 1. The summed E-state index contributed by atoms with van der Waals surface area (Å²) in [4.78, 5) is 25.8. The number of aliphatic hydroxyl groups is 1. The topological polar surface area (TPSA) is 122 Å². The van der Waals surface area contributed by atoms with Crippen LogP contribution in [0.3, 0.4) is 0 Å². The first kappa shape index (κ1) is 25.5. The lowest BCUT2D eigenvalue weighted by atomic mass is 10.2. The lowest BCUT2D eigenvalue weighted by molar-refractivity contribution is 0.0714. The molecule has 0 spiro atoms. The minimum atomic E-state index is -0.711. The van der Waals surface area contributed by atoms with E-state index in [9.17, 15) is 9.90 Å². The van der Waals surface area contributed by atoms with Gasteiger partial charge in [0.25, 0.3) is 5.91 Å².